The molecule has 0 unspecified atom stereocenters. The van der Waals surface area contributed by atoms with Crippen LogP contribution < -0.4 is 0 Å². The predicted molar refractivity (Wildman–Crippen MR) is 409 cm³/mol. The van der Waals surface area contributed by atoms with Gasteiger partial charge in [0.2, 0.25) is 0 Å². The monoisotopic (exact) mass is 1250 g/mol. The summed E-state index contributed by atoms with van der Waals surface area (Å²) < 4.78 is 0. The highest BCUT2D eigenvalue weighted by Crippen LogP contribution is 2.54. The molecule has 4 heteroatoms. The van der Waals surface area contributed by atoms with Crippen LogP contribution in [0.25, 0.3) is 156 Å². The maximum Gasteiger partial charge on any atom is 0.160 e. The number of aromatic nitrogens is 4. The lowest BCUT2D eigenvalue weighted by molar-refractivity contribution is 0.661. The van der Waals surface area contributed by atoms with Crippen LogP contribution in [0.5, 0.6) is 0 Å². The first-order chi connectivity index (χ1) is 48.1. The second kappa shape index (κ2) is 24.5. The molecule has 16 aromatic rings. The Morgan fingerprint density at radius 3 is 0.878 bits per heavy atom. The minimum absolute atomic E-state index is 0.0780. The summed E-state index contributed by atoms with van der Waals surface area (Å²) in [5.74, 6) is 1.44. The molecule has 2 aromatic heterocycles. The molecule has 0 saturated heterocycles. The molecule has 2 heterocycles. The summed E-state index contributed by atoms with van der Waals surface area (Å²) in [7, 11) is 0. The van der Waals surface area contributed by atoms with E-state index in [1.807, 2.05) is 36.4 Å². The van der Waals surface area contributed by atoms with Gasteiger partial charge in [-0.1, -0.05) is 319 Å². The van der Waals surface area contributed by atoms with Gasteiger partial charge in [-0.25, -0.2) is 19.9 Å². The fourth-order valence-corrected chi connectivity index (χ4v) is 15.0. The summed E-state index contributed by atoms with van der Waals surface area (Å²) in [5, 5.41) is 5.24. The lowest BCUT2D eigenvalue weighted by Gasteiger charge is -2.22. The van der Waals surface area contributed by atoms with Gasteiger partial charge in [0.1, 0.15) is 0 Å². The molecular formula is C94H68N4. The summed E-state index contributed by atoms with van der Waals surface area (Å²) in [6.07, 6.45) is 0. The molecule has 0 radical (unpaired) electrons. The van der Waals surface area contributed by atoms with Crippen LogP contribution in [0.15, 0.2) is 340 Å². The molecular weight excluding hydrogens is 1190 g/mol. The van der Waals surface area contributed by atoms with Crippen LogP contribution >= 0.6 is 0 Å². The lowest BCUT2D eigenvalue weighted by atomic mass is 9.81. The average Bonchev–Trinajstić information content (AvgIpc) is 1.57. The van der Waals surface area contributed by atoms with Crippen molar-refractivity contribution in [3.05, 3.63) is 362 Å². The largest absolute Gasteiger partial charge is 0.228 e. The third-order valence-corrected chi connectivity index (χ3v) is 20.2. The zero-order valence-electron chi connectivity index (χ0n) is 55.1. The molecule has 0 amide bonds. The fraction of sp³-hybridized carbons (Fsp3) is 0.0638. The van der Waals surface area contributed by atoms with E-state index in [1.54, 1.807) is 0 Å². The standard InChI is InChI=1S/2C47H34N2/c1-47(2)41-26-24-31-13-9-10-22-39(31)45(41)40-25-23-37(29-42(40)47)35-19-11-18-34(27-35)36-20-12-21-38(28-36)44-30-43(32-14-5-3-6-15-32)48-46(49-44)33-16-7-4-8-17-33;1-47(2)41-26-24-31-13-9-10-22-39(31)45(41)40-25-23-37(29-42(40)47)35-19-11-18-34(27-35)36-20-12-21-38(28-36)46-48-43(32-14-5-3-6-15-32)30-44(49-46)33-16-7-4-8-17-33/h2*3-30H,1-2H3. The van der Waals surface area contributed by atoms with Gasteiger partial charge in [0.05, 0.1) is 22.8 Å². The van der Waals surface area contributed by atoms with Crippen molar-refractivity contribution in [2.45, 2.75) is 38.5 Å². The van der Waals surface area contributed by atoms with Gasteiger partial charge in [0.25, 0.3) is 0 Å². The predicted octanol–water partition coefficient (Wildman–Crippen LogP) is 24.5. The third-order valence-electron chi connectivity index (χ3n) is 20.2. The Morgan fingerprint density at radius 1 is 0.194 bits per heavy atom. The van der Waals surface area contributed by atoms with Gasteiger partial charge in [0.15, 0.2) is 11.6 Å². The molecule has 0 atom stereocenters. The third kappa shape index (κ3) is 10.9. The Kier molecular flexibility index (Phi) is 14.9. The van der Waals surface area contributed by atoms with Crippen molar-refractivity contribution >= 4 is 21.5 Å². The number of hydrogen-bond acceptors (Lipinski definition) is 4. The maximum atomic E-state index is 5.07. The SMILES string of the molecule is CC1(C)c2cc(-c3cccc(-c4cccc(-c5cc(-c6ccccc6)nc(-c6ccccc6)n5)c4)c3)ccc2-c2c1ccc1ccccc21.CC1(C)c2cc(-c3cccc(-c4cccc(-c5nc(-c6ccccc6)cc(-c6ccccc6)n5)c4)c3)ccc2-c2c1ccc1ccccc21. The van der Waals surface area contributed by atoms with Crippen LogP contribution in [0.1, 0.15) is 49.9 Å². The van der Waals surface area contributed by atoms with Crippen LogP contribution in [0.4, 0.5) is 0 Å². The smallest absolute Gasteiger partial charge is 0.160 e. The van der Waals surface area contributed by atoms with Gasteiger partial charge in [-0.05, 0) is 159 Å². The first-order valence-electron chi connectivity index (χ1n) is 33.8. The van der Waals surface area contributed by atoms with Gasteiger partial charge < -0.3 is 0 Å². The number of hydrogen-bond donors (Lipinski definition) is 0. The van der Waals surface area contributed by atoms with E-state index in [0.29, 0.717) is 5.82 Å². The molecule has 0 N–H and O–H groups in total. The summed E-state index contributed by atoms with van der Waals surface area (Å²) in [4.78, 5) is 20.2. The van der Waals surface area contributed by atoms with Crippen LogP contribution in [-0.4, -0.2) is 19.9 Å². The van der Waals surface area contributed by atoms with Crippen LogP contribution in [0, 0.1) is 0 Å². The minimum atomic E-state index is -0.0798. The highest BCUT2D eigenvalue weighted by atomic mass is 14.9. The van der Waals surface area contributed by atoms with Gasteiger partial charge in [0, 0.05) is 44.2 Å². The van der Waals surface area contributed by atoms with Crippen molar-refractivity contribution in [3.63, 3.8) is 0 Å². The molecule has 2 aliphatic carbocycles. The van der Waals surface area contributed by atoms with Crippen LogP contribution in [-0.2, 0) is 10.8 Å². The molecule has 98 heavy (non-hydrogen) atoms. The first-order valence-corrected chi connectivity index (χ1v) is 33.8. The first kappa shape index (κ1) is 59.5. The van der Waals surface area contributed by atoms with E-state index in [2.05, 4.69) is 331 Å². The van der Waals surface area contributed by atoms with Crippen molar-refractivity contribution in [2.24, 2.45) is 0 Å². The molecule has 0 spiro atoms. The topological polar surface area (TPSA) is 51.6 Å². The molecule has 18 rings (SSSR count). The Hall–Kier alpha value is -12.2. The Balaban J connectivity index is 0.000000147. The van der Waals surface area contributed by atoms with Crippen molar-refractivity contribution < 1.29 is 0 Å². The van der Waals surface area contributed by atoms with E-state index < -0.39 is 0 Å². The molecule has 14 aromatic carbocycles. The lowest BCUT2D eigenvalue weighted by Crippen LogP contribution is -2.15. The van der Waals surface area contributed by atoms with Crippen LogP contribution in [0.2, 0.25) is 0 Å². The molecule has 0 aliphatic heterocycles. The molecule has 0 saturated carbocycles. The Bertz CT molecular complexity index is 5260. The molecule has 464 valence electrons. The zero-order valence-corrected chi connectivity index (χ0v) is 55.1. The van der Waals surface area contributed by atoms with Gasteiger partial charge in [-0.3, -0.25) is 0 Å². The van der Waals surface area contributed by atoms with E-state index in [-0.39, 0.29) is 10.8 Å². The van der Waals surface area contributed by atoms with E-state index in [1.165, 1.54) is 93.9 Å². The average molecular weight is 1250 g/mol. The van der Waals surface area contributed by atoms with Crippen molar-refractivity contribution in [2.75, 3.05) is 0 Å². The van der Waals surface area contributed by atoms with E-state index in [0.717, 1.165) is 78.7 Å². The number of rotatable bonds is 10. The number of nitrogens with zero attached hydrogens (tertiary/aromatic N) is 4. The molecule has 0 bridgehead atoms. The Morgan fingerprint density at radius 2 is 0.480 bits per heavy atom. The second-order valence-electron chi connectivity index (χ2n) is 26.9. The maximum absolute atomic E-state index is 5.07. The van der Waals surface area contributed by atoms with Gasteiger partial charge >= 0.3 is 0 Å². The van der Waals surface area contributed by atoms with Crippen molar-refractivity contribution in [3.8, 4) is 135 Å². The Labute approximate surface area is 573 Å². The minimum Gasteiger partial charge on any atom is -0.228 e. The van der Waals surface area contributed by atoms with Gasteiger partial charge in [-0.2, -0.15) is 0 Å². The molecule has 2 aliphatic rings. The summed E-state index contributed by atoms with van der Waals surface area (Å²) in [6, 6.07) is 121. The second-order valence-corrected chi connectivity index (χ2v) is 26.9. The summed E-state index contributed by atoms with van der Waals surface area (Å²) in [6.45, 7) is 9.43. The van der Waals surface area contributed by atoms with Crippen molar-refractivity contribution in [1.82, 2.24) is 19.9 Å². The highest BCUT2D eigenvalue weighted by molar-refractivity contribution is 6.04. The fourth-order valence-electron chi connectivity index (χ4n) is 15.0. The van der Waals surface area contributed by atoms with E-state index in [4.69, 9.17) is 19.9 Å². The van der Waals surface area contributed by atoms with Gasteiger partial charge in [-0.15, -0.1) is 0 Å². The highest BCUT2D eigenvalue weighted by Gasteiger charge is 2.38. The summed E-state index contributed by atoms with van der Waals surface area (Å²) >= 11 is 0. The van der Waals surface area contributed by atoms with Crippen molar-refractivity contribution in [1.29, 1.82) is 0 Å². The summed E-state index contributed by atoms with van der Waals surface area (Å²) in [5.41, 5.74) is 30.3. The molecule has 0 fully saturated rings. The van der Waals surface area contributed by atoms with E-state index in [9.17, 15) is 0 Å². The molecule has 4 nitrogen and oxygen atoms in total. The van der Waals surface area contributed by atoms with E-state index >= 15 is 0 Å². The quantitative estimate of drug-likeness (QED) is 0.137. The normalized spacial score (nSPS) is 12.9. The zero-order chi connectivity index (χ0) is 65.9. The number of fused-ring (bicyclic) bond motifs is 10. The number of benzene rings is 14. The van der Waals surface area contributed by atoms with Crippen LogP contribution in [0.3, 0.4) is 0 Å².